The first-order valence-corrected chi connectivity index (χ1v) is 7.74. The molecule has 1 heterocycles. The number of nitrogens with one attached hydrogen (secondary N) is 1. The molecule has 0 unspecified atom stereocenters. The van der Waals surface area contributed by atoms with Crippen LogP contribution in [-0.4, -0.2) is 28.6 Å². The van der Waals surface area contributed by atoms with Crippen LogP contribution in [0.5, 0.6) is 0 Å². The molecule has 0 radical (unpaired) electrons. The molecule has 4 aliphatic carbocycles. The standard InChI is InChI=1S/C10H17N.C5H7NO3/c11-10-4-7-1-8(5-10)3-9(2-7)6-10;7-4-2-1-3(6-4)5(8)9/h7-9H,1-6,11H2;3H,1-2H2,(H,6,7)(H,8,9)/t;3-/m.0/s1. The van der Waals surface area contributed by atoms with Gasteiger partial charge in [-0.05, 0) is 62.7 Å². The van der Waals surface area contributed by atoms with Crippen LogP contribution < -0.4 is 11.1 Å². The van der Waals surface area contributed by atoms with E-state index in [0.717, 1.165) is 17.8 Å². The molecule has 4 N–H and O–H groups in total. The molecule has 0 aromatic carbocycles. The lowest BCUT2D eigenvalue weighted by molar-refractivity contribution is -0.140. The summed E-state index contributed by atoms with van der Waals surface area (Å²) in [6.07, 6.45) is 9.34. The highest BCUT2D eigenvalue weighted by Gasteiger charge is 2.48. The van der Waals surface area contributed by atoms with Crippen LogP contribution >= 0.6 is 0 Å². The Bertz CT molecular complexity index is 386. The molecule has 5 nitrogen and oxygen atoms in total. The second-order valence-electron chi connectivity index (χ2n) is 7.28. The Hall–Kier alpha value is -1.10. The average Bonchev–Trinajstić information content (AvgIpc) is 2.73. The van der Waals surface area contributed by atoms with Crippen LogP contribution in [0.2, 0.25) is 0 Å². The molecule has 4 saturated carbocycles. The first kappa shape index (κ1) is 13.9. The maximum Gasteiger partial charge on any atom is 0.326 e. The summed E-state index contributed by atoms with van der Waals surface area (Å²) in [6.45, 7) is 0. The molecule has 112 valence electrons. The average molecular weight is 280 g/mol. The van der Waals surface area contributed by atoms with Crippen LogP contribution in [0.1, 0.15) is 51.4 Å². The molecule has 0 aromatic heterocycles. The van der Waals surface area contributed by atoms with Crippen molar-refractivity contribution in [3.8, 4) is 0 Å². The Labute approximate surface area is 119 Å². The number of amides is 1. The molecule has 1 aliphatic heterocycles. The fourth-order valence-electron chi connectivity index (χ4n) is 4.98. The van der Waals surface area contributed by atoms with Crippen LogP contribution in [-0.2, 0) is 9.59 Å². The van der Waals surface area contributed by atoms with Gasteiger partial charge in [-0.3, -0.25) is 4.79 Å². The van der Waals surface area contributed by atoms with E-state index in [9.17, 15) is 9.59 Å². The SMILES string of the molecule is NC12CC3CC(CC(C3)C1)C2.O=C1CC[C@@H](C(=O)O)N1. The predicted octanol–water partition coefficient (Wildman–Crippen LogP) is 1.26. The largest absolute Gasteiger partial charge is 0.480 e. The van der Waals surface area contributed by atoms with Crippen molar-refractivity contribution in [1.29, 1.82) is 0 Å². The molecule has 5 heteroatoms. The molecule has 5 rings (SSSR count). The summed E-state index contributed by atoms with van der Waals surface area (Å²) in [6, 6.07) is -0.641. The molecule has 1 amide bonds. The van der Waals surface area contributed by atoms with Crippen molar-refractivity contribution >= 4 is 11.9 Å². The van der Waals surface area contributed by atoms with Crippen LogP contribution in [0.4, 0.5) is 0 Å². The number of carboxylic acids is 1. The normalized spacial score (nSPS) is 44.8. The quantitative estimate of drug-likeness (QED) is 0.674. The van der Waals surface area contributed by atoms with Crippen molar-refractivity contribution in [1.82, 2.24) is 5.32 Å². The highest BCUT2D eigenvalue weighted by atomic mass is 16.4. The highest BCUT2D eigenvalue weighted by Crippen LogP contribution is 2.54. The van der Waals surface area contributed by atoms with Crippen molar-refractivity contribution in [2.45, 2.75) is 62.9 Å². The number of hydrogen-bond donors (Lipinski definition) is 3. The minimum atomic E-state index is -0.944. The lowest BCUT2D eigenvalue weighted by Gasteiger charge is -2.55. The van der Waals surface area contributed by atoms with Crippen LogP contribution in [0.3, 0.4) is 0 Å². The Morgan fingerprint density at radius 2 is 1.65 bits per heavy atom. The summed E-state index contributed by atoms with van der Waals surface area (Å²) in [4.78, 5) is 20.5. The van der Waals surface area contributed by atoms with E-state index in [4.69, 9.17) is 10.8 Å². The zero-order chi connectivity index (χ0) is 14.3. The molecular weight excluding hydrogens is 256 g/mol. The van der Waals surface area contributed by atoms with Gasteiger partial charge in [-0.1, -0.05) is 0 Å². The summed E-state index contributed by atoms with van der Waals surface area (Å²) >= 11 is 0. The summed E-state index contributed by atoms with van der Waals surface area (Å²) in [5, 5.41) is 10.6. The maximum absolute atomic E-state index is 10.4. The number of aliphatic carboxylic acids is 1. The molecule has 5 aliphatic rings. The molecule has 20 heavy (non-hydrogen) atoms. The molecule has 4 bridgehead atoms. The lowest BCUT2D eigenvalue weighted by atomic mass is 9.53. The van der Waals surface area contributed by atoms with E-state index in [-0.39, 0.29) is 5.91 Å². The first-order chi connectivity index (χ1) is 9.43. The Morgan fingerprint density at radius 3 is 1.90 bits per heavy atom. The molecule has 1 saturated heterocycles. The molecule has 0 spiro atoms. The number of rotatable bonds is 1. The molecule has 1 atom stereocenters. The highest BCUT2D eigenvalue weighted by molar-refractivity contribution is 5.87. The lowest BCUT2D eigenvalue weighted by Crippen LogP contribution is -2.55. The number of carbonyl (C=O) groups is 2. The third-order valence-electron chi connectivity index (χ3n) is 5.38. The van der Waals surface area contributed by atoms with E-state index < -0.39 is 12.0 Å². The molecule has 0 aromatic rings. The van der Waals surface area contributed by atoms with Gasteiger partial charge in [0.25, 0.3) is 0 Å². The van der Waals surface area contributed by atoms with Gasteiger partial charge in [0.05, 0.1) is 0 Å². The number of carbonyl (C=O) groups excluding carboxylic acids is 1. The number of hydrogen-bond acceptors (Lipinski definition) is 3. The van der Waals surface area contributed by atoms with Gasteiger partial charge in [0.1, 0.15) is 6.04 Å². The van der Waals surface area contributed by atoms with Gasteiger partial charge in [-0.25, -0.2) is 4.79 Å². The van der Waals surface area contributed by atoms with Gasteiger partial charge >= 0.3 is 5.97 Å². The predicted molar refractivity (Wildman–Crippen MR) is 73.9 cm³/mol. The zero-order valence-corrected chi connectivity index (χ0v) is 11.8. The number of carboxylic acid groups (broad SMARTS) is 1. The Balaban J connectivity index is 0.000000124. The van der Waals surface area contributed by atoms with Crippen molar-refractivity contribution in [3.63, 3.8) is 0 Å². The molecular formula is C15H24N2O3. The minimum absolute atomic E-state index is 0.164. The zero-order valence-electron chi connectivity index (χ0n) is 11.8. The maximum atomic E-state index is 10.4. The van der Waals surface area contributed by atoms with Gasteiger partial charge in [0.2, 0.25) is 5.91 Å². The summed E-state index contributed by atoms with van der Waals surface area (Å²) < 4.78 is 0. The van der Waals surface area contributed by atoms with Crippen LogP contribution in [0, 0.1) is 17.8 Å². The monoisotopic (exact) mass is 280 g/mol. The van der Waals surface area contributed by atoms with Crippen molar-refractivity contribution in [2.24, 2.45) is 23.5 Å². The first-order valence-electron chi connectivity index (χ1n) is 7.74. The van der Waals surface area contributed by atoms with E-state index in [1.54, 1.807) is 0 Å². The van der Waals surface area contributed by atoms with Crippen LogP contribution in [0.25, 0.3) is 0 Å². The fraction of sp³-hybridized carbons (Fsp3) is 0.867. The minimum Gasteiger partial charge on any atom is -0.480 e. The smallest absolute Gasteiger partial charge is 0.326 e. The second-order valence-corrected chi connectivity index (χ2v) is 7.28. The van der Waals surface area contributed by atoms with Gasteiger partial charge in [-0.2, -0.15) is 0 Å². The fourth-order valence-corrected chi connectivity index (χ4v) is 4.98. The Kier molecular flexibility index (Phi) is 3.48. The van der Waals surface area contributed by atoms with Crippen molar-refractivity contribution in [2.75, 3.05) is 0 Å². The van der Waals surface area contributed by atoms with Gasteiger partial charge < -0.3 is 16.2 Å². The second kappa shape index (κ2) is 5.02. The summed E-state index contributed by atoms with van der Waals surface area (Å²) in [7, 11) is 0. The van der Waals surface area contributed by atoms with E-state index in [1.165, 1.54) is 38.5 Å². The summed E-state index contributed by atoms with van der Waals surface area (Å²) in [5.74, 6) is 1.95. The van der Waals surface area contributed by atoms with Gasteiger partial charge in [0, 0.05) is 12.0 Å². The Morgan fingerprint density at radius 1 is 1.15 bits per heavy atom. The topological polar surface area (TPSA) is 92.4 Å². The van der Waals surface area contributed by atoms with Crippen molar-refractivity contribution < 1.29 is 14.7 Å². The third-order valence-corrected chi connectivity index (χ3v) is 5.38. The third kappa shape index (κ3) is 2.82. The van der Waals surface area contributed by atoms with Crippen molar-refractivity contribution in [3.05, 3.63) is 0 Å². The van der Waals surface area contributed by atoms with E-state index in [2.05, 4.69) is 5.32 Å². The van der Waals surface area contributed by atoms with Gasteiger partial charge in [-0.15, -0.1) is 0 Å². The van der Waals surface area contributed by atoms with Crippen LogP contribution in [0.15, 0.2) is 0 Å². The summed E-state index contributed by atoms with van der Waals surface area (Å²) in [5.41, 5.74) is 6.62. The van der Waals surface area contributed by atoms with E-state index in [0.29, 0.717) is 18.4 Å². The van der Waals surface area contributed by atoms with E-state index in [1.807, 2.05) is 0 Å². The van der Waals surface area contributed by atoms with E-state index >= 15 is 0 Å². The molecule has 5 fully saturated rings. The number of nitrogens with two attached hydrogens (primary N) is 1. The van der Waals surface area contributed by atoms with Gasteiger partial charge in [0.15, 0.2) is 0 Å².